The van der Waals surface area contributed by atoms with Crippen molar-refractivity contribution in [3.63, 3.8) is 0 Å². The van der Waals surface area contributed by atoms with Crippen LogP contribution in [-0.2, 0) is 27.1 Å². The molecular weight excluding hydrogens is 756 g/mol. The molecule has 332 valence electrons. The molecular formula is C57H78F3N. The van der Waals surface area contributed by atoms with Crippen LogP contribution in [0.15, 0.2) is 91.0 Å². The van der Waals surface area contributed by atoms with E-state index in [4.69, 9.17) is 6.57 Å². The molecule has 0 atom stereocenters. The van der Waals surface area contributed by atoms with Crippen LogP contribution in [0.25, 0.3) is 4.85 Å². The molecule has 61 heavy (non-hydrogen) atoms. The van der Waals surface area contributed by atoms with Gasteiger partial charge in [0.2, 0.25) is 0 Å². The third-order valence-corrected chi connectivity index (χ3v) is 10.7. The average molecular weight is 834 g/mol. The van der Waals surface area contributed by atoms with E-state index in [2.05, 4.69) is 157 Å². The summed E-state index contributed by atoms with van der Waals surface area (Å²) in [7, 11) is 0. The maximum Gasteiger partial charge on any atom is 0.190 e. The molecule has 0 saturated heterocycles. The van der Waals surface area contributed by atoms with E-state index in [-0.39, 0.29) is 38.5 Å². The van der Waals surface area contributed by atoms with Crippen LogP contribution < -0.4 is 0 Å². The van der Waals surface area contributed by atoms with E-state index < -0.39 is 11.6 Å². The fourth-order valence-corrected chi connectivity index (χ4v) is 5.60. The molecule has 0 bridgehead atoms. The number of nitrogens with zero attached hydrogens (tertiary/aromatic N) is 1. The molecule has 0 spiro atoms. The highest BCUT2D eigenvalue weighted by Gasteiger charge is 2.18. The van der Waals surface area contributed by atoms with Gasteiger partial charge in [-0.1, -0.05) is 188 Å². The lowest BCUT2D eigenvalue weighted by Crippen LogP contribution is -2.12. The zero-order valence-electron chi connectivity index (χ0n) is 41.7. The van der Waals surface area contributed by atoms with Gasteiger partial charge < -0.3 is 0 Å². The summed E-state index contributed by atoms with van der Waals surface area (Å²) in [4.78, 5) is 3.49. The number of halogens is 3. The van der Waals surface area contributed by atoms with E-state index in [1.807, 2.05) is 52.0 Å². The van der Waals surface area contributed by atoms with Crippen LogP contribution in [0.2, 0.25) is 0 Å². The Morgan fingerprint density at radius 2 is 0.672 bits per heavy atom. The monoisotopic (exact) mass is 834 g/mol. The molecule has 0 radical (unpaired) electrons. The Morgan fingerprint density at radius 3 is 1.03 bits per heavy atom. The van der Waals surface area contributed by atoms with Crippen molar-refractivity contribution in [2.45, 2.75) is 172 Å². The Kier molecular flexibility index (Phi) is 19.6. The maximum absolute atomic E-state index is 13.1. The van der Waals surface area contributed by atoms with Crippen LogP contribution >= 0.6 is 0 Å². The van der Waals surface area contributed by atoms with Crippen LogP contribution in [0.3, 0.4) is 0 Å². The van der Waals surface area contributed by atoms with Crippen LogP contribution in [0, 0.1) is 65.6 Å². The molecule has 1 nitrogen and oxygen atoms in total. The van der Waals surface area contributed by atoms with Crippen molar-refractivity contribution >= 4 is 5.69 Å². The largest absolute Gasteiger partial charge is 0.238 e. The van der Waals surface area contributed by atoms with Crippen LogP contribution in [-0.4, -0.2) is 0 Å². The summed E-state index contributed by atoms with van der Waals surface area (Å²) in [5.74, 6) is -1.04. The normalized spacial score (nSPS) is 11.6. The Balaban J connectivity index is 0.000000382. The number of hydrogen-bond acceptors (Lipinski definition) is 0. The zero-order valence-corrected chi connectivity index (χ0v) is 41.7. The number of benzene rings is 5. The summed E-state index contributed by atoms with van der Waals surface area (Å²) in [5.41, 5.74) is 13.0. The molecule has 0 amide bonds. The third-order valence-electron chi connectivity index (χ3n) is 10.7. The van der Waals surface area contributed by atoms with E-state index >= 15 is 0 Å². The predicted molar refractivity (Wildman–Crippen MR) is 260 cm³/mol. The summed E-state index contributed by atoms with van der Waals surface area (Å²) in [6, 6.07) is 29.8. The highest BCUT2D eigenvalue weighted by molar-refractivity contribution is 5.54. The Hall–Kier alpha value is -4.62. The lowest BCUT2D eigenvalue weighted by molar-refractivity contribution is 0.536. The van der Waals surface area contributed by atoms with Gasteiger partial charge in [0.05, 0.1) is 6.57 Å². The molecule has 0 aromatic heterocycles. The van der Waals surface area contributed by atoms with Gasteiger partial charge in [-0.3, -0.25) is 0 Å². The lowest BCUT2D eigenvalue weighted by Gasteiger charge is -2.19. The standard InChI is InChI=1S/C12H15N.C12H18.C11H14F2.C11H15F.C11H16/c1-9-6-7-10(12(2,3)4)8-11(9)13-5;1-9-6-7-11(8-10(9)2)12(3,4)5;1-7-9(12)5-8(6-10(7)13)11(2,3)4;1-8-5-6-9(7-10(8)12)11(2,3)4;1-9-5-7-10(8-6-9)11(2,3)4/h6-8H,1-4H3;6-8H,1-5H3;5-6H,1-4H3;5-7H,1-4H3;5-8H,1-4H3. The van der Waals surface area contributed by atoms with Crippen LogP contribution in [0.1, 0.15) is 165 Å². The van der Waals surface area contributed by atoms with Gasteiger partial charge in [-0.25, -0.2) is 18.0 Å². The Labute approximate surface area is 371 Å². The molecule has 5 aromatic rings. The summed E-state index contributed by atoms with van der Waals surface area (Å²) < 4.78 is 39.4. The molecule has 5 aromatic carbocycles. The van der Waals surface area contributed by atoms with Gasteiger partial charge in [0.15, 0.2) is 5.69 Å². The molecule has 0 aliphatic heterocycles. The predicted octanol–water partition coefficient (Wildman–Crippen LogP) is 17.7. The number of aryl methyl sites for hydroxylation is 5. The van der Waals surface area contributed by atoms with E-state index in [0.29, 0.717) is 11.1 Å². The van der Waals surface area contributed by atoms with Gasteiger partial charge >= 0.3 is 0 Å². The average Bonchev–Trinajstić information content (AvgIpc) is 3.12. The molecule has 0 aliphatic carbocycles. The molecule has 4 heteroatoms. The molecule has 0 unspecified atom stereocenters. The van der Waals surface area contributed by atoms with Crippen molar-refractivity contribution in [1.29, 1.82) is 0 Å². The summed E-state index contributed by atoms with van der Waals surface area (Å²) in [6.07, 6.45) is 0. The second-order valence-electron chi connectivity index (χ2n) is 21.6. The minimum atomic E-state index is -0.468. The van der Waals surface area contributed by atoms with Crippen molar-refractivity contribution in [2.75, 3.05) is 0 Å². The van der Waals surface area contributed by atoms with E-state index in [9.17, 15) is 13.2 Å². The Morgan fingerprint density at radius 1 is 0.344 bits per heavy atom. The topological polar surface area (TPSA) is 4.36 Å². The van der Waals surface area contributed by atoms with Gasteiger partial charge in [-0.2, -0.15) is 0 Å². The van der Waals surface area contributed by atoms with E-state index in [0.717, 1.165) is 16.8 Å². The minimum Gasteiger partial charge on any atom is -0.238 e. The first kappa shape index (κ1) is 54.4. The van der Waals surface area contributed by atoms with Crippen molar-refractivity contribution in [2.24, 2.45) is 0 Å². The van der Waals surface area contributed by atoms with Crippen molar-refractivity contribution in [3.05, 3.63) is 181 Å². The second-order valence-corrected chi connectivity index (χ2v) is 21.6. The van der Waals surface area contributed by atoms with Gasteiger partial charge in [-0.05, 0) is 131 Å². The lowest BCUT2D eigenvalue weighted by atomic mass is 9.85. The highest BCUT2D eigenvalue weighted by Crippen LogP contribution is 2.29. The summed E-state index contributed by atoms with van der Waals surface area (Å²) in [5, 5.41) is 0. The SMILES string of the molecule is Cc1c(F)cc(C(C)(C)C)cc1F.Cc1ccc(C(C)(C)C)cc1.Cc1ccc(C(C)(C)C)cc1C.Cc1ccc(C(C)(C)C)cc1F.[C-]#[N+]c1cc(C(C)(C)C)ccc1C. The van der Waals surface area contributed by atoms with Gasteiger partial charge in [0.1, 0.15) is 17.5 Å². The first-order valence-corrected chi connectivity index (χ1v) is 21.5. The highest BCUT2D eigenvalue weighted by atomic mass is 19.1. The smallest absolute Gasteiger partial charge is 0.190 e. The first-order chi connectivity index (χ1) is 27.6. The van der Waals surface area contributed by atoms with Crippen LogP contribution in [0.4, 0.5) is 18.9 Å². The van der Waals surface area contributed by atoms with E-state index in [1.165, 1.54) is 52.4 Å². The Bertz CT molecular complexity index is 2110. The van der Waals surface area contributed by atoms with Crippen molar-refractivity contribution < 1.29 is 13.2 Å². The molecule has 0 aliphatic rings. The number of hydrogen-bond donors (Lipinski definition) is 0. The third kappa shape index (κ3) is 18.5. The van der Waals surface area contributed by atoms with E-state index in [1.54, 1.807) is 13.0 Å². The fourth-order valence-electron chi connectivity index (χ4n) is 5.60. The molecule has 5 rings (SSSR count). The molecule has 0 N–H and O–H groups in total. The maximum atomic E-state index is 13.1. The zero-order chi connectivity index (χ0) is 47.5. The molecule has 0 heterocycles. The minimum absolute atomic E-state index is 0.0362. The molecule has 0 saturated carbocycles. The first-order valence-electron chi connectivity index (χ1n) is 21.5. The second kappa shape index (κ2) is 21.9. The van der Waals surface area contributed by atoms with Gasteiger partial charge in [-0.15, -0.1) is 0 Å². The van der Waals surface area contributed by atoms with Gasteiger partial charge in [0, 0.05) is 5.56 Å². The van der Waals surface area contributed by atoms with Gasteiger partial charge in [0.25, 0.3) is 0 Å². The molecule has 0 fully saturated rings. The van der Waals surface area contributed by atoms with Crippen molar-refractivity contribution in [3.8, 4) is 0 Å². The van der Waals surface area contributed by atoms with Crippen molar-refractivity contribution in [1.82, 2.24) is 0 Å². The van der Waals surface area contributed by atoms with Crippen LogP contribution in [0.5, 0.6) is 0 Å². The fraction of sp³-hybridized carbons (Fsp3) is 0.456. The summed E-state index contributed by atoms with van der Waals surface area (Å²) in [6.45, 7) is 50.6. The quantitative estimate of drug-likeness (QED) is 0.137. The number of rotatable bonds is 0. The summed E-state index contributed by atoms with van der Waals surface area (Å²) >= 11 is 0.